The number of hydrogen-bond acceptors (Lipinski definition) is 2. The molecule has 0 heterocycles. The number of carbonyl (C=O) groups is 1. The van der Waals surface area contributed by atoms with E-state index in [1.807, 2.05) is 0 Å². The Kier molecular flexibility index (Phi) is 2.20. The van der Waals surface area contributed by atoms with E-state index in [4.69, 9.17) is 0 Å². The summed E-state index contributed by atoms with van der Waals surface area (Å²) in [6, 6.07) is 0. The first-order valence-corrected chi connectivity index (χ1v) is 4.74. The van der Waals surface area contributed by atoms with E-state index in [1.165, 1.54) is 0 Å². The Morgan fingerprint density at radius 2 is 1.93 bits per heavy atom. The van der Waals surface area contributed by atoms with Gasteiger partial charge in [0.25, 0.3) is 0 Å². The number of alkyl halides is 3. The number of fused-ring (bicyclic) bond motifs is 2. The SMILES string of the molecule is O=C(O[C@@H]1C[C@H]2CC[C@@H]1C2)C(F)(F)F. The van der Waals surface area contributed by atoms with Gasteiger partial charge in [0.05, 0.1) is 0 Å². The Balaban J connectivity index is 1.90. The van der Waals surface area contributed by atoms with Crippen molar-refractivity contribution in [2.45, 2.75) is 38.0 Å². The molecule has 3 atom stereocenters. The standard InChI is InChI=1S/C9H11F3O2/c10-9(11,12)8(13)14-7-4-5-1-2-6(7)3-5/h5-7H,1-4H2/t5-,6+,7+/m0/s1. The second-order valence-electron chi connectivity index (χ2n) is 4.12. The maximum atomic E-state index is 11.9. The lowest BCUT2D eigenvalue weighted by Gasteiger charge is -2.22. The monoisotopic (exact) mass is 208 g/mol. The second kappa shape index (κ2) is 3.14. The molecule has 0 aromatic carbocycles. The highest BCUT2D eigenvalue weighted by atomic mass is 19.4. The third-order valence-corrected chi connectivity index (χ3v) is 3.16. The number of carbonyl (C=O) groups excluding carboxylic acids is 1. The topological polar surface area (TPSA) is 26.3 Å². The van der Waals surface area contributed by atoms with Crippen molar-refractivity contribution in [3.63, 3.8) is 0 Å². The number of ether oxygens (including phenoxy) is 1. The summed E-state index contributed by atoms with van der Waals surface area (Å²) in [6.45, 7) is 0. The van der Waals surface area contributed by atoms with Crippen molar-refractivity contribution in [1.29, 1.82) is 0 Å². The highest BCUT2D eigenvalue weighted by Gasteiger charge is 2.47. The van der Waals surface area contributed by atoms with E-state index in [-0.39, 0.29) is 5.92 Å². The van der Waals surface area contributed by atoms with E-state index >= 15 is 0 Å². The van der Waals surface area contributed by atoms with Crippen LogP contribution in [0.1, 0.15) is 25.7 Å². The molecule has 0 saturated heterocycles. The zero-order chi connectivity index (χ0) is 10.3. The molecule has 0 amide bonds. The third kappa shape index (κ3) is 1.72. The van der Waals surface area contributed by atoms with Gasteiger partial charge in [-0.3, -0.25) is 0 Å². The van der Waals surface area contributed by atoms with E-state index in [9.17, 15) is 18.0 Å². The van der Waals surface area contributed by atoms with Gasteiger partial charge in [-0.25, -0.2) is 4.79 Å². The molecule has 5 heteroatoms. The molecule has 0 aliphatic heterocycles. The van der Waals surface area contributed by atoms with Crippen molar-refractivity contribution in [2.24, 2.45) is 11.8 Å². The van der Waals surface area contributed by atoms with Crippen molar-refractivity contribution >= 4 is 5.97 Å². The number of esters is 1. The van der Waals surface area contributed by atoms with Crippen molar-refractivity contribution in [2.75, 3.05) is 0 Å². The molecule has 2 rings (SSSR count). The number of halogens is 3. The third-order valence-electron chi connectivity index (χ3n) is 3.16. The highest BCUT2D eigenvalue weighted by molar-refractivity contribution is 5.75. The maximum Gasteiger partial charge on any atom is 0.490 e. The van der Waals surface area contributed by atoms with Crippen LogP contribution in [0.25, 0.3) is 0 Å². The first kappa shape index (κ1) is 9.80. The van der Waals surface area contributed by atoms with Crippen LogP contribution in [-0.2, 0) is 9.53 Å². The summed E-state index contributed by atoms with van der Waals surface area (Å²) in [5.74, 6) is -1.38. The predicted octanol–water partition coefficient (Wildman–Crippen LogP) is 2.28. The van der Waals surface area contributed by atoms with Crippen LogP contribution in [0, 0.1) is 11.8 Å². The number of rotatable bonds is 1. The molecular weight excluding hydrogens is 197 g/mol. The molecule has 14 heavy (non-hydrogen) atoms. The summed E-state index contributed by atoms with van der Waals surface area (Å²) in [4.78, 5) is 10.5. The zero-order valence-corrected chi connectivity index (χ0v) is 7.51. The molecule has 2 bridgehead atoms. The van der Waals surface area contributed by atoms with E-state index in [2.05, 4.69) is 4.74 Å². The quantitative estimate of drug-likeness (QED) is 0.618. The van der Waals surface area contributed by atoms with Gasteiger partial charge in [-0.15, -0.1) is 0 Å². The highest BCUT2D eigenvalue weighted by Crippen LogP contribution is 2.46. The summed E-state index contributed by atoms with van der Waals surface area (Å²) in [6.07, 6.45) is -1.81. The molecule has 0 unspecified atom stereocenters. The Morgan fingerprint density at radius 3 is 2.36 bits per heavy atom. The molecule has 2 saturated carbocycles. The molecule has 0 aromatic heterocycles. The Morgan fingerprint density at radius 1 is 1.21 bits per heavy atom. The van der Waals surface area contributed by atoms with Gasteiger partial charge in [0.1, 0.15) is 6.10 Å². The van der Waals surface area contributed by atoms with Gasteiger partial charge < -0.3 is 4.74 Å². The molecule has 0 aromatic rings. The van der Waals surface area contributed by atoms with Crippen LogP contribution in [0.15, 0.2) is 0 Å². The van der Waals surface area contributed by atoms with Gasteiger partial charge in [0.15, 0.2) is 0 Å². The maximum absolute atomic E-state index is 11.9. The van der Waals surface area contributed by atoms with Crippen LogP contribution >= 0.6 is 0 Å². The summed E-state index contributed by atoms with van der Waals surface area (Å²) < 4.78 is 40.1. The minimum atomic E-state index is -4.85. The molecule has 0 N–H and O–H groups in total. The molecule has 2 fully saturated rings. The van der Waals surface area contributed by atoms with E-state index < -0.39 is 18.2 Å². The fourth-order valence-electron chi connectivity index (χ4n) is 2.54. The minimum absolute atomic E-state index is 0.172. The van der Waals surface area contributed by atoms with E-state index in [0.717, 1.165) is 19.3 Å². The van der Waals surface area contributed by atoms with Gasteiger partial charge in [-0.05, 0) is 37.5 Å². The van der Waals surface area contributed by atoms with Crippen LogP contribution in [0.3, 0.4) is 0 Å². The summed E-state index contributed by atoms with van der Waals surface area (Å²) in [5, 5.41) is 0. The van der Waals surface area contributed by atoms with Crippen LogP contribution in [-0.4, -0.2) is 18.2 Å². The van der Waals surface area contributed by atoms with Gasteiger partial charge in [-0.1, -0.05) is 0 Å². The average molecular weight is 208 g/mol. The van der Waals surface area contributed by atoms with Gasteiger partial charge in [0.2, 0.25) is 0 Å². The minimum Gasteiger partial charge on any atom is -0.455 e. The first-order valence-electron chi connectivity index (χ1n) is 4.74. The normalized spacial score (nSPS) is 36.1. The molecule has 2 aliphatic carbocycles. The van der Waals surface area contributed by atoms with Crippen LogP contribution < -0.4 is 0 Å². The van der Waals surface area contributed by atoms with Crippen molar-refractivity contribution in [1.82, 2.24) is 0 Å². The molecule has 2 nitrogen and oxygen atoms in total. The van der Waals surface area contributed by atoms with Gasteiger partial charge >= 0.3 is 12.1 Å². The molecule has 2 aliphatic rings. The lowest BCUT2D eigenvalue weighted by atomic mass is 9.98. The Bertz CT molecular complexity index is 249. The largest absolute Gasteiger partial charge is 0.490 e. The average Bonchev–Trinajstić information content (AvgIpc) is 2.62. The summed E-state index contributed by atoms with van der Waals surface area (Å²) in [5.41, 5.74) is 0. The van der Waals surface area contributed by atoms with E-state index in [1.54, 1.807) is 0 Å². The molecule has 0 radical (unpaired) electrons. The van der Waals surface area contributed by atoms with Crippen molar-refractivity contribution < 1.29 is 22.7 Å². The Hall–Kier alpha value is -0.740. The lowest BCUT2D eigenvalue weighted by Crippen LogP contribution is -2.32. The molecule has 80 valence electrons. The molecule has 0 spiro atoms. The van der Waals surface area contributed by atoms with Crippen LogP contribution in [0.5, 0.6) is 0 Å². The van der Waals surface area contributed by atoms with E-state index in [0.29, 0.717) is 12.3 Å². The fourth-order valence-corrected chi connectivity index (χ4v) is 2.54. The number of hydrogen-bond donors (Lipinski definition) is 0. The smallest absolute Gasteiger partial charge is 0.455 e. The predicted molar refractivity (Wildman–Crippen MR) is 41.4 cm³/mol. The van der Waals surface area contributed by atoms with Crippen LogP contribution in [0.4, 0.5) is 13.2 Å². The summed E-state index contributed by atoms with van der Waals surface area (Å²) >= 11 is 0. The second-order valence-corrected chi connectivity index (χ2v) is 4.12. The fraction of sp³-hybridized carbons (Fsp3) is 0.889. The van der Waals surface area contributed by atoms with Crippen molar-refractivity contribution in [3.05, 3.63) is 0 Å². The zero-order valence-electron chi connectivity index (χ0n) is 7.51. The first-order chi connectivity index (χ1) is 6.47. The Labute approximate surface area is 79.4 Å². The molecular formula is C9H11F3O2. The van der Waals surface area contributed by atoms with Gasteiger partial charge in [-0.2, -0.15) is 13.2 Å². The van der Waals surface area contributed by atoms with Crippen LogP contribution in [0.2, 0.25) is 0 Å². The van der Waals surface area contributed by atoms with Gasteiger partial charge in [0, 0.05) is 0 Å². The lowest BCUT2D eigenvalue weighted by molar-refractivity contribution is -0.206. The van der Waals surface area contributed by atoms with Crippen molar-refractivity contribution in [3.8, 4) is 0 Å². The summed E-state index contributed by atoms with van der Waals surface area (Å²) in [7, 11) is 0.